The molecule has 3 amide bonds. The number of alkyl carbamates (subject to hydrolysis) is 1. The molecule has 9 aromatic carbocycles. The monoisotopic (exact) mass is 1880 g/mol. The van der Waals surface area contributed by atoms with Crippen LogP contribution in [0.25, 0.3) is 11.1 Å². The van der Waals surface area contributed by atoms with Gasteiger partial charge in [-0.05, 0) is 157 Å². The molecule has 0 bridgehead atoms. The average molecular weight is 1880 g/mol. The lowest BCUT2D eigenvalue weighted by Gasteiger charge is -2.49. The van der Waals surface area contributed by atoms with Crippen molar-refractivity contribution in [2.24, 2.45) is 16.2 Å². The zero-order valence-electron chi connectivity index (χ0n) is 80.1. The summed E-state index contributed by atoms with van der Waals surface area (Å²) in [7, 11) is 0. The van der Waals surface area contributed by atoms with Gasteiger partial charge in [0.15, 0.2) is 37.1 Å². The first-order valence-electron chi connectivity index (χ1n) is 47.2. The molecule has 0 aromatic heterocycles. The molecular weight excluding hydrogens is 1750 g/mol. The van der Waals surface area contributed by atoms with E-state index in [1.54, 1.807) is 83.1 Å². The molecule has 9 aromatic rings. The van der Waals surface area contributed by atoms with Crippen LogP contribution < -0.4 is 10.6 Å². The van der Waals surface area contributed by atoms with Crippen LogP contribution in [-0.4, -0.2) is 189 Å². The van der Waals surface area contributed by atoms with E-state index in [2.05, 4.69) is 10.6 Å². The number of amides is 3. The molecule has 5 aliphatic rings. The molecule has 4 aliphatic heterocycles. The van der Waals surface area contributed by atoms with Crippen molar-refractivity contribution in [1.29, 1.82) is 0 Å². The standard InChI is InChI=1S/C110H129N3O24/c1-107(2,3)103(117)134-91-87(70-128-101-96(127-66-77-51-32-19-33-52-77)93(125-64-75-47-28-17-29-48-75)89(122-61-72-41-22-14-23-42-72)85(132-101)68-121-60-71-39-20-13-21-40-71)133-102(97(136-105(119)109(7,8)9)94(91)135-104(118)108(4,5)6)129-69-86-90(123-62-73-43-24-15-25-44-73)92(124-63-74-45-26-16-27-46-74)95(126-65-76-49-30-18-31-50-76)98(131-86)112-88(114)59-83(99(115)113-58-38-57-84(113)100(116)137-110(10,11)12)111-106(120)130-67-82-80-55-36-34-53-78(80)79-54-35-37-56-81(79)82/h13-37,39-56,82-87,89-98,101-102H,38,57-70H2,1-12H3,(H,111,120)(H,112,114)/t83-,84-,85+,86+,87+,89+,90+,91+,92-,93-,94-,95+,96+,97+,98-,101-,102+/m0/s1. The SMILES string of the molecule is CC(C)(C)OC(=O)[C@@H]1CCCN1C(=O)[C@H](CC(=O)N[C@H]1O[C@H](CO[C@@H]2O[C@H](CO[C@H]3O[C@H](COCc4ccccc4)[C@@H](OCc4ccccc4)[C@H](OCc4ccccc4)[C@H]3OCc3ccccc3)[C@@H](OC(=O)C(C)(C)C)[C@H](OC(=O)C(C)(C)C)[C@H]2OC(=O)C(C)(C)C)[C@@H](OCc2ccccc2)[C@H](OCc2ccccc2)[C@H]1OCc1ccccc1)NC(=O)OCC1c2ccccc2-c2ccccc21. The van der Waals surface area contributed by atoms with Crippen LogP contribution in [0.1, 0.15) is 158 Å². The number of carbonyl (C=O) groups excluding carboxylic acids is 7. The molecule has 2 N–H and O–H groups in total. The van der Waals surface area contributed by atoms with Gasteiger partial charge in [-0.1, -0.05) is 261 Å². The van der Waals surface area contributed by atoms with Crippen molar-refractivity contribution in [3.8, 4) is 11.1 Å². The van der Waals surface area contributed by atoms with Crippen molar-refractivity contribution in [1.82, 2.24) is 15.5 Å². The first-order valence-corrected chi connectivity index (χ1v) is 47.2. The summed E-state index contributed by atoms with van der Waals surface area (Å²) in [6.45, 7) is 18.9. The first kappa shape index (κ1) is 101. The summed E-state index contributed by atoms with van der Waals surface area (Å²) >= 11 is 0. The highest BCUT2D eigenvalue weighted by molar-refractivity contribution is 5.94. The van der Waals surface area contributed by atoms with E-state index in [9.17, 15) is 9.59 Å². The van der Waals surface area contributed by atoms with Crippen molar-refractivity contribution in [2.45, 2.75) is 264 Å². The predicted molar refractivity (Wildman–Crippen MR) is 507 cm³/mol. The number of fused-ring (bicyclic) bond motifs is 3. The minimum atomic E-state index is -1.85. The van der Waals surface area contributed by atoms with Gasteiger partial charge in [0, 0.05) is 12.5 Å². The third-order valence-corrected chi connectivity index (χ3v) is 24.2. The molecule has 17 atom stereocenters. The van der Waals surface area contributed by atoms with E-state index in [-0.39, 0.29) is 78.3 Å². The predicted octanol–water partition coefficient (Wildman–Crippen LogP) is 16.5. The highest BCUT2D eigenvalue weighted by Crippen LogP contribution is 2.46. The average Bonchev–Trinajstić information content (AvgIpc) is 1.52. The van der Waals surface area contributed by atoms with Crippen LogP contribution in [-0.2, 0) is 156 Å². The van der Waals surface area contributed by atoms with Crippen LogP contribution in [0.3, 0.4) is 0 Å². The molecule has 0 saturated carbocycles. The Labute approximate surface area is 802 Å². The number of esters is 4. The summed E-state index contributed by atoms with van der Waals surface area (Å²) in [5, 5.41) is 5.83. The van der Waals surface area contributed by atoms with Gasteiger partial charge < -0.3 is 96.1 Å². The minimum Gasteiger partial charge on any atom is -0.458 e. The fraction of sp³-hybridized carbons (Fsp3) is 0.445. The zero-order chi connectivity index (χ0) is 96.8. The Bertz CT molecular complexity index is 5320. The number of ether oxygens (including phenoxy) is 17. The van der Waals surface area contributed by atoms with Gasteiger partial charge in [-0.25, -0.2) is 9.59 Å². The highest BCUT2D eigenvalue weighted by atomic mass is 16.8. The second-order valence-electron chi connectivity index (χ2n) is 39.3. The first-order chi connectivity index (χ1) is 65.8. The number of carbonyl (C=O) groups is 7. The lowest BCUT2D eigenvalue weighted by atomic mass is 9.93. The molecule has 137 heavy (non-hydrogen) atoms. The molecule has 27 nitrogen and oxygen atoms in total. The third-order valence-electron chi connectivity index (χ3n) is 24.2. The second kappa shape index (κ2) is 47.3. The van der Waals surface area contributed by atoms with Gasteiger partial charge in [-0.15, -0.1) is 0 Å². The maximum Gasteiger partial charge on any atom is 0.407 e. The van der Waals surface area contributed by atoms with E-state index in [0.29, 0.717) is 6.42 Å². The van der Waals surface area contributed by atoms with Crippen LogP contribution in [0.5, 0.6) is 0 Å². The van der Waals surface area contributed by atoms with E-state index in [1.165, 1.54) is 4.90 Å². The molecule has 0 spiro atoms. The van der Waals surface area contributed by atoms with Gasteiger partial charge in [0.05, 0.1) is 88.7 Å². The van der Waals surface area contributed by atoms with Crippen LogP contribution >= 0.6 is 0 Å². The minimum absolute atomic E-state index is 0.0211. The summed E-state index contributed by atoms with van der Waals surface area (Å²) in [6.07, 6.45) is -22.1. The van der Waals surface area contributed by atoms with Crippen molar-refractivity contribution in [3.05, 3.63) is 311 Å². The Balaban J connectivity index is 0.856. The van der Waals surface area contributed by atoms with Crippen molar-refractivity contribution < 1.29 is 114 Å². The number of hydrogen-bond acceptors (Lipinski definition) is 24. The summed E-state index contributed by atoms with van der Waals surface area (Å²) in [4.78, 5) is 107. The number of hydrogen-bond donors (Lipinski definition) is 2. The summed E-state index contributed by atoms with van der Waals surface area (Å²) in [5.41, 5.74) is 4.73. The molecule has 0 unspecified atom stereocenters. The van der Waals surface area contributed by atoms with Gasteiger partial charge in [0.25, 0.3) is 0 Å². The topological polar surface area (TPSA) is 304 Å². The Hall–Kier alpha value is -11.4. The molecule has 1 aliphatic carbocycles. The largest absolute Gasteiger partial charge is 0.458 e. The molecule has 14 rings (SSSR count). The van der Waals surface area contributed by atoms with Crippen molar-refractivity contribution in [2.75, 3.05) is 33.0 Å². The fourth-order valence-electron chi connectivity index (χ4n) is 17.0. The van der Waals surface area contributed by atoms with Crippen molar-refractivity contribution in [3.63, 3.8) is 0 Å². The number of nitrogens with one attached hydrogen (secondary N) is 2. The van der Waals surface area contributed by atoms with Gasteiger partial charge >= 0.3 is 30.0 Å². The van der Waals surface area contributed by atoms with E-state index >= 15 is 24.0 Å². The number of nitrogens with zero attached hydrogens (tertiary/aromatic N) is 1. The quantitative estimate of drug-likeness (QED) is 0.0267. The fourth-order valence-corrected chi connectivity index (χ4v) is 17.0. The molecule has 4 saturated heterocycles. The van der Waals surface area contributed by atoms with E-state index in [1.807, 2.05) is 261 Å². The molecular formula is C110H129N3O24. The Morgan fingerprint density at radius 1 is 0.365 bits per heavy atom. The maximum atomic E-state index is 15.9. The third kappa shape index (κ3) is 28.0. The van der Waals surface area contributed by atoms with Crippen LogP contribution in [0, 0.1) is 16.2 Å². The number of rotatable bonds is 39. The zero-order valence-corrected chi connectivity index (χ0v) is 80.1. The normalized spacial score (nSPS) is 23.6. The van der Waals surface area contributed by atoms with Gasteiger partial charge in [0.2, 0.25) is 11.8 Å². The molecule has 4 heterocycles. The van der Waals surface area contributed by atoms with Gasteiger partial charge in [-0.3, -0.25) is 24.0 Å². The molecule has 0 radical (unpaired) electrons. The van der Waals surface area contributed by atoms with Crippen molar-refractivity contribution >= 4 is 41.8 Å². The molecule has 27 heteroatoms. The number of benzene rings is 9. The number of likely N-dealkylation sites (tertiary alicyclic amines) is 1. The van der Waals surface area contributed by atoms with E-state index in [0.717, 1.165) is 61.2 Å². The Kier molecular flexibility index (Phi) is 35.0. The summed E-state index contributed by atoms with van der Waals surface area (Å²) in [5.74, 6) is -5.04. The van der Waals surface area contributed by atoms with Crippen LogP contribution in [0.2, 0.25) is 0 Å². The highest BCUT2D eigenvalue weighted by Gasteiger charge is 2.58. The summed E-state index contributed by atoms with van der Waals surface area (Å²) in [6, 6.07) is 79.6. The lowest BCUT2D eigenvalue weighted by Crippen LogP contribution is -2.67. The van der Waals surface area contributed by atoms with Gasteiger partial charge in [-0.2, -0.15) is 0 Å². The van der Waals surface area contributed by atoms with Crippen LogP contribution in [0.4, 0.5) is 4.79 Å². The smallest absolute Gasteiger partial charge is 0.407 e. The molecule has 728 valence electrons. The lowest BCUT2D eigenvalue weighted by molar-refractivity contribution is -0.350. The van der Waals surface area contributed by atoms with Crippen LogP contribution in [0.15, 0.2) is 261 Å². The Morgan fingerprint density at radius 2 is 0.715 bits per heavy atom. The Morgan fingerprint density at radius 3 is 1.14 bits per heavy atom. The van der Waals surface area contributed by atoms with Gasteiger partial charge in [0.1, 0.15) is 79.2 Å². The second-order valence-corrected chi connectivity index (χ2v) is 39.3. The van der Waals surface area contributed by atoms with E-state index in [4.69, 9.17) is 80.5 Å². The summed E-state index contributed by atoms with van der Waals surface area (Å²) < 4.78 is 118. The maximum absolute atomic E-state index is 15.9. The van der Waals surface area contributed by atoms with E-state index < -0.39 is 187 Å². The molecule has 4 fully saturated rings.